The lowest BCUT2D eigenvalue weighted by molar-refractivity contribution is 0.427. The molecule has 0 N–H and O–H groups in total. The number of ether oxygens (including phenoxy) is 1. The molecular formula is C18H10F2O2S. The summed E-state index contributed by atoms with van der Waals surface area (Å²) in [6.07, 6.45) is 0. The van der Waals surface area contributed by atoms with Gasteiger partial charge in [0.2, 0.25) is 0 Å². The molecule has 4 rings (SSSR count). The Kier molecular flexibility index (Phi) is 3.06. The van der Waals surface area contributed by atoms with Gasteiger partial charge in [-0.25, -0.2) is 8.78 Å². The van der Waals surface area contributed by atoms with Crippen molar-refractivity contribution in [3.05, 3.63) is 64.3 Å². The molecule has 0 radical (unpaired) electrons. The molecule has 0 saturated heterocycles. The van der Waals surface area contributed by atoms with Crippen LogP contribution in [0.15, 0.2) is 47.3 Å². The van der Waals surface area contributed by atoms with Crippen molar-refractivity contribution in [3.8, 4) is 5.06 Å². The average Bonchev–Trinajstić information content (AvgIpc) is 2.96. The Balaban J connectivity index is 2.48. The second-order valence-corrected chi connectivity index (χ2v) is 6.19. The minimum absolute atomic E-state index is 0.000694. The third kappa shape index (κ3) is 1.93. The number of fused-ring (bicyclic) bond motifs is 5. The minimum Gasteiger partial charge on any atom is -0.487 e. The average molecular weight is 328 g/mol. The number of halogens is 2. The monoisotopic (exact) mass is 328 g/mol. The minimum atomic E-state index is -1.01. The van der Waals surface area contributed by atoms with Crippen molar-refractivity contribution in [2.45, 2.75) is 0 Å². The van der Waals surface area contributed by atoms with E-state index in [1.807, 2.05) is 12.1 Å². The van der Waals surface area contributed by atoms with Crippen molar-refractivity contribution < 1.29 is 13.5 Å². The van der Waals surface area contributed by atoms with E-state index in [-0.39, 0.29) is 16.2 Å². The summed E-state index contributed by atoms with van der Waals surface area (Å²) in [7, 11) is 1.52. The Morgan fingerprint density at radius 1 is 0.957 bits per heavy atom. The quantitative estimate of drug-likeness (QED) is 0.499. The van der Waals surface area contributed by atoms with Crippen LogP contribution in [-0.2, 0) is 0 Å². The van der Waals surface area contributed by atoms with Crippen LogP contribution in [0.5, 0.6) is 5.06 Å². The fourth-order valence-corrected chi connectivity index (χ4v) is 3.90. The van der Waals surface area contributed by atoms with Crippen LogP contribution in [0.25, 0.3) is 31.6 Å². The van der Waals surface area contributed by atoms with Crippen LogP contribution in [0, 0.1) is 11.6 Å². The summed E-state index contributed by atoms with van der Waals surface area (Å²) < 4.78 is 34.2. The van der Waals surface area contributed by atoms with Crippen LogP contribution in [0.2, 0.25) is 0 Å². The first kappa shape index (κ1) is 14.1. The molecule has 1 aromatic heterocycles. The lowest BCUT2D eigenvalue weighted by Gasteiger charge is -1.97. The van der Waals surface area contributed by atoms with Gasteiger partial charge in [-0.3, -0.25) is 4.79 Å². The van der Waals surface area contributed by atoms with Crippen LogP contribution < -0.4 is 10.2 Å². The number of benzene rings is 2. The number of methoxy groups -OCH3 is 1. The maximum Gasteiger partial charge on any atom is 0.194 e. The van der Waals surface area contributed by atoms with Gasteiger partial charge >= 0.3 is 0 Å². The first-order valence-corrected chi connectivity index (χ1v) is 7.73. The number of thiophene rings is 1. The zero-order valence-electron chi connectivity index (χ0n) is 12.0. The van der Waals surface area contributed by atoms with Gasteiger partial charge in [0.1, 0.15) is 0 Å². The predicted octanol–water partition coefficient (Wildman–Crippen LogP) is 4.85. The molecule has 5 heteroatoms. The molecule has 0 aliphatic rings. The Hall–Kier alpha value is -2.53. The van der Waals surface area contributed by atoms with Crippen LogP contribution in [-0.4, -0.2) is 7.11 Å². The Morgan fingerprint density at radius 3 is 2.43 bits per heavy atom. The molecule has 0 bridgehead atoms. The van der Waals surface area contributed by atoms with E-state index in [1.54, 1.807) is 18.2 Å². The number of hydrogen-bond acceptors (Lipinski definition) is 3. The molecular weight excluding hydrogens is 318 g/mol. The van der Waals surface area contributed by atoms with E-state index in [2.05, 4.69) is 0 Å². The van der Waals surface area contributed by atoms with E-state index >= 15 is 0 Å². The van der Waals surface area contributed by atoms with Gasteiger partial charge in [0, 0.05) is 37.7 Å². The molecule has 0 unspecified atom stereocenters. The first-order chi connectivity index (χ1) is 11.1. The fraction of sp³-hybridized carbons (Fsp3) is 0.0556. The highest BCUT2D eigenvalue weighted by atomic mass is 32.1. The molecule has 0 fully saturated rings. The molecule has 3 aromatic carbocycles. The van der Waals surface area contributed by atoms with E-state index in [0.29, 0.717) is 25.9 Å². The zero-order valence-corrected chi connectivity index (χ0v) is 12.8. The molecule has 0 amide bonds. The largest absolute Gasteiger partial charge is 0.487 e. The summed E-state index contributed by atoms with van der Waals surface area (Å²) in [5.74, 6) is -1.98. The van der Waals surface area contributed by atoms with Gasteiger partial charge in [-0.05, 0) is 12.1 Å². The highest BCUT2D eigenvalue weighted by molar-refractivity contribution is 7.21. The fourth-order valence-electron chi connectivity index (χ4n) is 2.88. The van der Waals surface area contributed by atoms with E-state index in [9.17, 15) is 13.6 Å². The summed E-state index contributed by atoms with van der Waals surface area (Å²) in [5.41, 5.74) is -0.308. The van der Waals surface area contributed by atoms with Gasteiger partial charge in [-0.15, -0.1) is 0 Å². The van der Waals surface area contributed by atoms with Crippen LogP contribution >= 0.6 is 11.3 Å². The molecule has 23 heavy (non-hydrogen) atoms. The second-order valence-electron chi connectivity index (χ2n) is 5.17. The van der Waals surface area contributed by atoms with Crippen LogP contribution in [0.4, 0.5) is 8.78 Å². The number of hydrogen-bond donors (Lipinski definition) is 0. The molecule has 1 heterocycles. The molecule has 4 aromatic rings. The third-order valence-corrected chi connectivity index (χ3v) is 5.07. The van der Waals surface area contributed by atoms with Crippen molar-refractivity contribution in [2.75, 3.05) is 7.11 Å². The van der Waals surface area contributed by atoms with Crippen molar-refractivity contribution in [2.24, 2.45) is 0 Å². The molecule has 114 valence electrons. The van der Waals surface area contributed by atoms with Crippen molar-refractivity contribution in [3.63, 3.8) is 0 Å². The Morgan fingerprint density at radius 2 is 1.70 bits per heavy atom. The van der Waals surface area contributed by atoms with E-state index in [1.165, 1.54) is 24.5 Å². The van der Waals surface area contributed by atoms with Gasteiger partial charge < -0.3 is 4.74 Å². The molecule has 0 atom stereocenters. The molecule has 0 spiro atoms. The van der Waals surface area contributed by atoms with Gasteiger partial charge in [-0.1, -0.05) is 35.6 Å². The van der Waals surface area contributed by atoms with Crippen LogP contribution in [0.3, 0.4) is 0 Å². The highest BCUT2D eigenvalue weighted by Crippen LogP contribution is 2.39. The zero-order chi connectivity index (χ0) is 16.1. The highest BCUT2D eigenvalue weighted by Gasteiger charge is 2.17. The molecule has 2 nitrogen and oxygen atoms in total. The van der Waals surface area contributed by atoms with Crippen molar-refractivity contribution in [1.82, 2.24) is 0 Å². The summed E-state index contributed by atoms with van der Waals surface area (Å²) in [6.45, 7) is 0. The second kappa shape index (κ2) is 4.99. The Labute approximate surface area is 133 Å². The third-order valence-electron chi connectivity index (χ3n) is 3.94. The SMILES string of the molecule is COc1cc2c(s1)c1ccccc1c(=O)c1ccc(F)c(F)c12. The van der Waals surface area contributed by atoms with Crippen molar-refractivity contribution >= 4 is 43.0 Å². The normalized spacial score (nSPS) is 11.4. The summed E-state index contributed by atoms with van der Waals surface area (Å²) >= 11 is 1.31. The maximum atomic E-state index is 14.5. The topological polar surface area (TPSA) is 26.3 Å². The van der Waals surface area contributed by atoms with Crippen LogP contribution in [0.1, 0.15) is 0 Å². The first-order valence-electron chi connectivity index (χ1n) is 6.92. The molecule has 0 saturated carbocycles. The standard InChI is InChI=1S/C18H10F2O2S/c1-22-14-8-12-15-11(6-7-13(19)16(15)20)17(21)9-4-2-3-5-10(9)18(12)23-14/h2-8H,1H3. The van der Waals surface area contributed by atoms with Gasteiger partial charge in [-0.2, -0.15) is 0 Å². The lowest BCUT2D eigenvalue weighted by Crippen LogP contribution is -1.99. The lowest BCUT2D eigenvalue weighted by atomic mass is 10.1. The smallest absolute Gasteiger partial charge is 0.194 e. The van der Waals surface area contributed by atoms with Gasteiger partial charge in [0.15, 0.2) is 22.1 Å². The van der Waals surface area contributed by atoms with Gasteiger partial charge in [0.25, 0.3) is 0 Å². The Bertz CT molecular complexity index is 1150. The van der Waals surface area contributed by atoms with E-state index in [4.69, 9.17) is 4.74 Å². The summed E-state index contributed by atoms with van der Waals surface area (Å²) in [4.78, 5) is 12.8. The molecule has 0 aliphatic carbocycles. The summed E-state index contributed by atoms with van der Waals surface area (Å²) in [5, 5.41) is 2.40. The van der Waals surface area contributed by atoms with E-state index < -0.39 is 11.6 Å². The number of rotatable bonds is 1. The van der Waals surface area contributed by atoms with E-state index in [0.717, 1.165) is 6.07 Å². The molecule has 0 aliphatic heterocycles. The summed E-state index contributed by atoms with van der Waals surface area (Å²) in [6, 6.07) is 11.1. The van der Waals surface area contributed by atoms with Crippen molar-refractivity contribution in [1.29, 1.82) is 0 Å². The predicted molar refractivity (Wildman–Crippen MR) is 89.6 cm³/mol. The maximum absolute atomic E-state index is 14.5. The van der Waals surface area contributed by atoms with Gasteiger partial charge in [0.05, 0.1) is 7.11 Å².